The third-order valence-electron chi connectivity index (χ3n) is 2.49. The highest BCUT2D eigenvalue weighted by Gasteiger charge is 2.12. The lowest BCUT2D eigenvalue weighted by Crippen LogP contribution is -2.10. The third-order valence-corrected chi connectivity index (χ3v) is 2.74. The standard InChI is InChI=1S/C13H12ClNO2/c1-8-7-12(17-9(8)2)13(16)15-11-5-3-10(14)4-6-11/h3-7H,1-2H3,(H,15,16). The van der Waals surface area contributed by atoms with Crippen molar-refractivity contribution in [2.75, 3.05) is 5.32 Å². The Kier molecular flexibility index (Phi) is 3.20. The summed E-state index contributed by atoms with van der Waals surface area (Å²) in [6.07, 6.45) is 0. The maximum atomic E-state index is 11.8. The number of halogens is 1. The molecule has 2 aromatic rings. The summed E-state index contributed by atoms with van der Waals surface area (Å²) in [4.78, 5) is 11.8. The summed E-state index contributed by atoms with van der Waals surface area (Å²) in [6, 6.07) is 8.64. The highest BCUT2D eigenvalue weighted by atomic mass is 35.5. The van der Waals surface area contributed by atoms with E-state index >= 15 is 0 Å². The number of benzene rings is 1. The monoisotopic (exact) mass is 249 g/mol. The van der Waals surface area contributed by atoms with Crippen LogP contribution >= 0.6 is 11.6 Å². The Hall–Kier alpha value is -1.74. The second kappa shape index (κ2) is 4.63. The Morgan fingerprint density at radius 1 is 1.24 bits per heavy atom. The van der Waals surface area contributed by atoms with Crippen molar-refractivity contribution in [1.29, 1.82) is 0 Å². The topological polar surface area (TPSA) is 42.2 Å². The van der Waals surface area contributed by atoms with Gasteiger partial charge in [-0.05, 0) is 49.7 Å². The number of carbonyl (C=O) groups excluding carboxylic acids is 1. The molecule has 3 nitrogen and oxygen atoms in total. The predicted octanol–water partition coefficient (Wildman–Crippen LogP) is 3.80. The molecule has 0 spiro atoms. The Morgan fingerprint density at radius 3 is 2.41 bits per heavy atom. The molecule has 2 rings (SSSR count). The van der Waals surface area contributed by atoms with Crippen LogP contribution in [-0.2, 0) is 0 Å². The van der Waals surface area contributed by atoms with Gasteiger partial charge in [-0.2, -0.15) is 0 Å². The SMILES string of the molecule is Cc1cc(C(=O)Nc2ccc(Cl)cc2)oc1C. The van der Waals surface area contributed by atoms with Crippen LogP contribution in [-0.4, -0.2) is 5.91 Å². The smallest absolute Gasteiger partial charge is 0.291 e. The molecule has 0 radical (unpaired) electrons. The zero-order valence-electron chi connectivity index (χ0n) is 9.58. The van der Waals surface area contributed by atoms with Crippen LogP contribution in [0.4, 0.5) is 5.69 Å². The van der Waals surface area contributed by atoms with Crippen molar-refractivity contribution in [3.8, 4) is 0 Å². The van der Waals surface area contributed by atoms with Gasteiger partial charge in [0.1, 0.15) is 5.76 Å². The number of hydrogen-bond acceptors (Lipinski definition) is 2. The van der Waals surface area contributed by atoms with E-state index in [0.717, 1.165) is 11.3 Å². The van der Waals surface area contributed by atoms with E-state index < -0.39 is 0 Å². The van der Waals surface area contributed by atoms with Gasteiger partial charge in [-0.1, -0.05) is 11.6 Å². The van der Waals surface area contributed by atoms with Crippen LogP contribution in [0.5, 0.6) is 0 Å². The minimum atomic E-state index is -0.261. The molecule has 0 aliphatic carbocycles. The van der Waals surface area contributed by atoms with Crippen LogP contribution in [0.3, 0.4) is 0 Å². The normalized spacial score (nSPS) is 10.3. The minimum Gasteiger partial charge on any atom is -0.456 e. The maximum Gasteiger partial charge on any atom is 0.291 e. The summed E-state index contributed by atoms with van der Waals surface area (Å²) in [5.41, 5.74) is 1.65. The van der Waals surface area contributed by atoms with E-state index in [9.17, 15) is 4.79 Å². The summed E-state index contributed by atoms with van der Waals surface area (Å²) < 4.78 is 5.33. The van der Waals surface area contributed by atoms with Gasteiger partial charge in [-0.15, -0.1) is 0 Å². The van der Waals surface area contributed by atoms with Crippen LogP contribution < -0.4 is 5.32 Å². The first-order valence-corrected chi connectivity index (χ1v) is 5.58. The van der Waals surface area contributed by atoms with E-state index in [0.29, 0.717) is 16.5 Å². The van der Waals surface area contributed by atoms with Gasteiger partial charge in [-0.25, -0.2) is 0 Å². The molecule has 0 fully saturated rings. The van der Waals surface area contributed by atoms with Crippen molar-refractivity contribution in [1.82, 2.24) is 0 Å². The van der Waals surface area contributed by atoms with Crippen molar-refractivity contribution < 1.29 is 9.21 Å². The lowest BCUT2D eigenvalue weighted by Gasteiger charge is -2.02. The molecule has 17 heavy (non-hydrogen) atoms. The Morgan fingerprint density at radius 2 is 1.88 bits per heavy atom. The first-order chi connectivity index (χ1) is 8.06. The maximum absolute atomic E-state index is 11.8. The van der Waals surface area contributed by atoms with Gasteiger partial charge in [0.15, 0.2) is 5.76 Å². The number of anilines is 1. The molecule has 0 unspecified atom stereocenters. The number of nitrogens with one attached hydrogen (secondary N) is 1. The molecule has 1 aromatic heterocycles. The zero-order valence-corrected chi connectivity index (χ0v) is 10.3. The summed E-state index contributed by atoms with van der Waals surface area (Å²) in [5, 5.41) is 3.37. The number of furan rings is 1. The molecule has 0 bridgehead atoms. The summed E-state index contributed by atoms with van der Waals surface area (Å²) >= 11 is 5.76. The molecule has 88 valence electrons. The summed E-state index contributed by atoms with van der Waals surface area (Å²) in [5.74, 6) is 0.810. The van der Waals surface area contributed by atoms with Crippen molar-refractivity contribution in [2.24, 2.45) is 0 Å². The highest BCUT2D eigenvalue weighted by molar-refractivity contribution is 6.30. The minimum absolute atomic E-state index is 0.261. The van der Waals surface area contributed by atoms with Crippen LogP contribution in [0, 0.1) is 13.8 Å². The molecule has 1 amide bonds. The van der Waals surface area contributed by atoms with E-state index in [4.69, 9.17) is 16.0 Å². The average Bonchev–Trinajstić information content (AvgIpc) is 2.63. The number of hydrogen-bond donors (Lipinski definition) is 1. The lowest BCUT2D eigenvalue weighted by atomic mass is 10.2. The van der Waals surface area contributed by atoms with Crippen LogP contribution in [0.15, 0.2) is 34.7 Å². The highest BCUT2D eigenvalue weighted by Crippen LogP contribution is 2.17. The first-order valence-electron chi connectivity index (χ1n) is 5.20. The molecule has 0 saturated heterocycles. The molecule has 0 saturated carbocycles. The van der Waals surface area contributed by atoms with E-state index in [1.807, 2.05) is 13.8 Å². The zero-order chi connectivity index (χ0) is 12.4. The largest absolute Gasteiger partial charge is 0.456 e. The Balaban J connectivity index is 2.14. The fourth-order valence-electron chi connectivity index (χ4n) is 1.41. The molecular weight excluding hydrogens is 238 g/mol. The predicted molar refractivity (Wildman–Crippen MR) is 67.6 cm³/mol. The van der Waals surface area contributed by atoms with Gasteiger partial charge in [-0.3, -0.25) is 4.79 Å². The van der Waals surface area contributed by atoms with Crippen molar-refractivity contribution in [2.45, 2.75) is 13.8 Å². The molecule has 0 atom stereocenters. The van der Waals surface area contributed by atoms with Gasteiger partial charge < -0.3 is 9.73 Å². The number of carbonyl (C=O) groups is 1. The van der Waals surface area contributed by atoms with E-state index in [1.54, 1.807) is 30.3 Å². The van der Waals surface area contributed by atoms with Gasteiger partial charge in [0.05, 0.1) is 0 Å². The number of rotatable bonds is 2. The molecule has 1 aromatic carbocycles. The second-order valence-electron chi connectivity index (χ2n) is 3.81. The van der Waals surface area contributed by atoms with E-state index in [-0.39, 0.29) is 5.91 Å². The van der Waals surface area contributed by atoms with Crippen LogP contribution in [0.2, 0.25) is 5.02 Å². The van der Waals surface area contributed by atoms with Gasteiger partial charge in [0, 0.05) is 10.7 Å². The molecule has 0 aliphatic heterocycles. The van der Waals surface area contributed by atoms with Gasteiger partial charge >= 0.3 is 0 Å². The quantitative estimate of drug-likeness (QED) is 0.880. The van der Waals surface area contributed by atoms with E-state index in [1.165, 1.54) is 0 Å². The van der Waals surface area contributed by atoms with Crippen molar-refractivity contribution in [3.63, 3.8) is 0 Å². The fourth-order valence-corrected chi connectivity index (χ4v) is 1.54. The summed E-state index contributed by atoms with van der Waals surface area (Å²) in [7, 11) is 0. The third kappa shape index (κ3) is 2.68. The van der Waals surface area contributed by atoms with Crippen LogP contribution in [0.1, 0.15) is 21.9 Å². The fraction of sp³-hybridized carbons (Fsp3) is 0.154. The van der Waals surface area contributed by atoms with Crippen molar-refractivity contribution in [3.05, 3.63) is 52.4 Å². The first kappa shape index (κ1) is 11.7. The molecule has 0 aliphatic rings. The Bertz CT molecular complexity index is 524. The molecule has 1 heterocycles. The molecule has 4 heteroatoms. The lowest BCUT2D eigenvalue weighted by molar-refractivity contribution is 0.0995. The second-order valence-corrected chi connectivity index (χ2v) is 4.25. The average molecular weight is 250 g/mol. The van der Waals surface area contributed by atoms with Crippen LogP contribution in [0.25, 0.3) is 0 Å². The molecule has 1 N–H and O–H groups in total. The van der Waals surface area contributed by atoms with Crippen molar-refractivity contribution >= 4 is 23.2 Å². The van der Waals surface area contributed by atoms with Gasteiger partial charge in [0.25, 0.3) is 5.91 Å². The van der Waals surface area contributed by atoms with Gasteiger partial charge in [0.2, 0.25) is 0 Å². The molecular formula is C13H12ClNO2. The Labute approximate surface area is 104 Å². The number of amides is 1. The number of aryl methyl sites for hydroxylation is 2. The van der Waals surface area contributed by atoms with E-state index in [2.05, 4.69) is 5.32 Å². The summed E-state index contributed by atoms with van der Waals surface area (Å²) in [6.45, 7) is 3.73.